The third-order valence-electron chi connectivity index (χ3n) is 6.81. The second-order valence-corrected chi connectivity index (χ2v) is 9.97. The van der Waals surface area contributed by atoms with Crippen LogP contribution in [0.5, 0.6) is 5.75 Å². The van der Waals surface area contributed by atoms with Crippen molar-refractivity contribution >= 4 is 22.5 Å². The number of piperazine rings is 1. The van der Waals surface area contributed by atoms with Crippen molar-refractivity contribution < 1.29 is 4.74 Å². The summed E-state index contributed by atoms with van der Waals surface area (Å²) in [5, 5.41) is 4.33. The van der Waals surface area contributed by atoms with E-state index in [9.17, 15) is 0 Å². The second-order valence-electron chi connectivity index (χ2n) is 9.97. The standard InChI is InChI=1S/C26H35N7O/c1-17(2)8-9-31-10-12-32(13-11-31)22-7-6-20-25(30-22)23(18(3)4)24(29-20)19-14-21(34-5)26-27-16-28-33(26)15-19/h6-7,14-18,29H,8-13H2,1-5H3. The minimum Gasteiger partial charge on any atom is -0.493 e. The molecule has 1 aliphatic heterocycles. The molecule has 34 heavy (non-hydrogen) atoms. The van der Waals surface area contributed by atoms with Gasteiger partial charge in [0.1, 0.15) is 12.1 Å². The molecule has 0 spiro atoms. The molecule has 4 aromatic heterocycles. The Bertz CT molecular complexity index is 1280. The summed E-state index contributed by atoms with van der Waals surface area (Å²) >= 11 is 0. The van der Waals surface area contributed by atoms with Gasteiger partial charge in [0.15, 0.2) is 11.4 Å². The second kappa shape index (κ2) is 9.25. The summed E-state index contributed by atoms with van der Waals surface area (Å²) in [5.41, 5.74) is 6.09. The monoisotopic (exact) mass is 461 g/mol. The van der Waals surface area contributed by atoms with Crippen LogP contribution in [0.2, 0.25) is 0 Å². The Morgan fingerprint density at radius 2 is 1.88 bits per heavy atom. The zero-order valence-electron chi connectivity index (χ0n) is 20.9. The van der Waals surface area contributed by atoms with Crippen molar-refractivity contribution in [2.75, 3.05) is 44.7 Å². The Balaban J connectivity index is 1.48. The normalized spacial score (nSPS) is 15.3. The lowest BCUT2D eigenvalue weighted by Crippen LogP contribution is -2.47. The lowest BCUT2D eigenvalue weighted by atomic mass is 9.99. The van der Waals surface area contributed by atoms with Gasteiger partial charge in [-0.15, -0.1) is 0 Å². The van der Waals surface area contributed by atoms with Gasteiger partial charge in [-0.3, -0.25) is 4.90 Å². The quantitative estimate of drug-likeness (QED) is 0.434. The molecule has 0 atom stereocenters. The molecule has 0 unspecified atom stereocenters. The van der Waals surface area contributed by atoms with Gasteiger partial charge < -0.3 is 14.6 Å². The molecular formula is C26H35N7O. The van der Waals surface area contributed by atoms with E-state index < -0.39 is 0 Å². The number of anilines is 1. The van der Waals surface area contributed by atoms with Gasteiger partial charge in [0.25, 0.3) is 0 Å². The van der Waals surface area contributed by atoms with Crippen LogP contribution in [-0.4, -0.2) is 69.3 Å². The Labute approximate surface area is 200 Å². The van der Waals surface area contributed by atoms with Crippen LogP contribution < -0.4 is 9.64 Å². The van der Waals surface area contributed by atoms with E-state index in [0.717, 1.165) is 60.2 Å². The number of rotatable bonds is 7. The lowest BCUT2D eigenvalue weighted by molar-refractivity contribution is 0.243. The predicted molar refractivity (Wildman–Crippen MR) is 137 cm³/mol. The number of nitrogens with one attached hydrogen (secondary N) is 1. The first-order valence-corrected chi connectivity index (χ1v) is 12.3. The molecule has 5 rings (SSSR count). The van der Waals surface area contributed by atoms with Crippen LogP contribution in [-0.2, 0) is 0 Å². The molecule has 0 amide bonds. The zero-order chi connectivity index (χ0) is 23.8. The van der Waals surface area contributed by atoms with E-state index in [2.05, 4.69) is 64.7 Å². The first kappa shape index (κ1) is 22.7. The SMILES string of the molecule is COc1cc(-c2[nH]c3ccc(N4CCN(CCC(C)C)CC4)nc3c2C(C)C)cn2ncnc12. The lowest BCUT2D eigenvalue weighted by Gasteiger charge is -2.35. The fraction of sp³-hybridized carbons (Fsp3) is 0.500. The molecular weight excluding hydrogens is 426 g/mol. The summed E-state index contributed by atoms with van der Waals surface area (Å²) in [4.78, 5) is 18.1. The summed E-state index contributed by atoms with van der Waals surface area (Å²) in [5.74, 6) is 2.82. The Kier molecular flexibility index (Phi) is 6.16. The van der Waals surface area contributed by atoms with E-state index in [-0.39, 0.29) is 0 Å². The maximum Gasteiger partial charge on any atom is 0.197 e. The van der Waals surface area contributed by atoms with Crippen molar-refractivity contribution in [3.05, 3.63) is 36.3 Å². The van der Waals surface area contributed by atoms with Crippen LogP contribution >= 0.6 is 0 Å². The van der Waals surface area contributed by atoms with E-state index in [1.165, 1.54) is 18.5 Å². The van der Waals surface area contributed by atoms with Gasteiger partial charge in [-0.05, 0) is 43.0 Å². The first-order chi connectivity index (χ1) is 16.4. The predicted octanol–water partition coefficient (Wildman–Crippen LogP) is 4.57. The number of methoxy groups -OCH3 is 1. The van der Waals surface area contributed by atoms with Crippen LogP contribution in [0.4, 0.5) is 5.82 Å². The first-order valence-electron chi connectivity index (χ1n) is 12.3. The molecule has 4 aromatic rings. The highest BCUT2D eigenvalue weighted by Gasteiger charge is 2.22. The number of hydrogen-bond acceptors (Lipinski definition) is 6. The number of fused-ring (bicyclic) bond motifs is 2. The summed E-state index contributed by atoms with van der Waals surface area (Å²) < 4.78 is 7.36. The number of aromatic amines is 1. The van der Waals surface area contributed by atoms with Crippen LogP contribution in [0.1, 0.15) is 45.6 Å². The molecule has 1 saturated heterocycles. The molecule has 0 aromatic carbocycles. The number of nitrogens with zero attached hydrogens (tertiary/aromatic N) is 6. The van der Waals surface area contributed by atoms with Gasteiger partial charge >= 0.3 is 0 Å². The van der Waals surface area contributed by atoms with Gasteiger partial charge in [0.05, 0.1) is 23.8 Å². The highest BCUT2D eigenvalue weighted by Crippen LogP contribution is 2.37. The molecule has 1 N–H and O–H groups in total. The van der Waals surface area contributed by atoms with E-state index in [1.807, 2.05) is 12.3 Å². The number of ether oxygens (including phenoxy) is 1. The molecule has 8 nitrogen and oxygen atoms in total. The highest BCUT2D eigenvalue weighted by molar-refractivity contribution is 5.90. The molecule has 0 bridgehead atoms. The zero-order valence-corrected chi connectivity index (χ0v) is 20.9. The number of aromatic nitrogens is 5. The molecule has 0 saturated carbocycles. The van der Waals surface area contributed by atoms with Gasteiger partial charge in [-0.25, -0.2) is 14.5 Å². The van der Waals surface area contributed by atoms with E-state index >= 15 is 0 Å². The maximum absolute atomic E-state index is 5.60. The van der Waals surface area contributed by atoms with Gasteiger partial charge in [0.2, 0.25) is 0 Å². The average molecular weight is 462 g/mol. The molecule has 0 aliphatic carbocycles. The molecule has 1 fully saturated rings. The largest absolute Gasteiger partial charge is 0.493 e. The minimum absolute atomic E-state index is 0.303. The van der Waals surface area contributed by atoms with Crippen molar-refractivity contribution in [1.29, 1.82) is 0 Å². The van der Waals surface area contributed by atoms with Crippen LogP contribution in [0, 0.1) is 5.92 Å². The maximum atomic E-state index is 5.60. The fourth-order valence-corrected chi connectivity index (χ4v) is 4.87. The highest BCUT2D eigenvalue weighted by atomic mass is 16.5. The Morgan fingerprint density at radius 1 is 1.09 bits per heavy atom. The number of pyridine rings is 2. The third kappa shape index (κ3) is 4.22. The van der Waals surface area contributed by atoms with Crippen molar-refractivity contribution in [3.8, 4) is 17.0 Å². The van der Waals surface area contributed by atoms with Crippen molar-refractivity contribution in [3.63, 3.8) is 0 Å². The molecule has 8 heteroatoms. The van der Waals surface area contributed by atoms with Crippen molar-refractivity contribution in [2.45, 2.75) is 40.0 Å². The molecule has 180 valence electrons. The van der Waals surface area contributed by atoms with Crippen LogP contribution in [0.25, 0.3) is 27.9 Å². The van der Waals surface area contributed by atoms with Gasteiger partial charge in [-0.2, -0.15) is 5.10 Å². The topological polar surface area (TPSA) is 74.6 Å². The summed E-state index contributed by atoms with van der Waals surface area (Å²) in [6.07, 6.45) is 4.81. The number of hydrogen-bond donors (Lipinski definition) is 1. The smallest absolute Gasteiger partial charge is 0.197 e. The van der Waals surface area contributed by atoms with Gasteiger partial charge in [0, 0.05) is 43.5 Å². The average Bonchev–Trinajstić information content (AvgIpc) is 3.46. The van der Waals surface area contributed by atoms with E-state index in [1.54, 1.807) is 18.0 Å². The Hall–Kier alpha value is -3.13. The summed E-state index contributed by atoms with van der Waals surface area (Å²) in [6, 6.07) is 6.35. The third-order valence-corrected chi connectivity index (χ3v) is 6.81. The molecule has 5 heterocycles. The van der Waals surface area contributed by atoms with Crippen molar-refractivity contribution in [2.24, 2.45) is 5.92 Å². The van der Waals surface area contributed by atoms with E-state index in [4.69, 9.17) is 9.72 Å². The van der Waals surface area contributed by atoms with Crippen LogP contribution in [0.15, 0.2) is 30.7 Å². The summed E-state index contributed by atoms with van der Waals surface area (Å²) in [6.45, 7) is 14.5. The van der Waals surface area contributed by atoms with Crippen molar-refractivity contribution in [1.82, 2.24) is 29.5 Å². The number of H-pyrrole nitrogens is 1. The van der Waals surface area contributed by atoms with Crippen LogP contribution in [0.3, 0.4) is 0 Å². The summed E-state index contributed by atoms with van der Waals surface area (Å²) in [7, 11) is 1.67. The fourth-order valence-electron chi connectivity index (χ4n) is 4.87. The Morgan fingerprint density at radius 3 is 2.59 bits per heavy atom. The van der Waals surface area contributed by atoms with E-state index in [0.29, 0.717) is 17.3 Å². The minimum atomic E-state index is 0.303. The molecule has 1 aliphatic rings. The molecule has 0 radical (unpaired) electrons. The van der Waals surface area contributed by atoms with Gasteiger partial charge in [-0.1, -0.05) is 27.7 Å².